The smallest absolute Gasteiger partial charge is 0.186 e. The normalized spacial score (nSPS) is 22.5. The van der Waals surface area contributed by atoms with E-state index in [2.05, 4.69) is 0 Å². The van der Waals surface area contributed by atoms with Crippen molar-refractivity contribution in [3.63, 3.8) is 0 Å². The van der Waals surface area contributed by atoms with Crippen LogP contribution in [0.4, 0.5) is 0 Å². The number of carboxylic acids is 1. The number of para-hydroxylation sites is 1. The van der Waals surface area contributed by atoms with Crippen molar-refractivity contribution in [2.45, 2.75) is 11.0 Å². The summed E-state index contributed by atoms with van der Waals surface area (Å²) in [5.74, 6) is -2.03. The van der Waals surface area contributed by atoms with E-state index in [0.29, 0.717) is 0 Å². The van der Waals surface area contributed by atoms with Gasteiger partial charge in [0, 0.05) is 0 Å². The van der Waals surface area contributed by atoms with E-state index in [4.69, 9.17) is 4.74 Å². The molecule has 0 aliphatic carbocycles. The molecule has 2 rings (SSSR count). The van der Waals surface area contributed by atoms with Crippen molar-refractivity contribution >= 4 is 15.8 Å². The van der Waals surface area contributed by atoms with Gasteiger partial charge in [0.2, 0.25) is 0 Å². The van der Waals surface area contributed by atoms with E-state index in [1.165, 1.54) is 12.1 Å². The summed E-state index contributed by atoms with van der Waals surface area (Å²) in [5.41, 5.74) is 0. The van der Waals surface area contributed by atoms with Crippen molar-refractivity contribution in [3.8, 4) is 5.75 Å². The number of hydrogen-bond acceptors (Lipinski definition) is 5. The van der Waals surface area contributed by atoms with Crippen molar-refractivity contribution in [2.75, 3.05) is 5.75 Å². The molecule has 5 nitrogen and oxygen atoms in total. The van der Waals surface area contributed by atoms with Crippen molar-refractivity contribution in [2.24, 2.45) is 0 Å². The Balaban J connectivity index is 2.53. The number of rotatable bonds is 1. The van der Waals surface area contributed by atoms with Crippen LogP contribution in [0.15, 0.2) is 29.2 Å². The first kappa shape index (κ1) is 9.97. The Bertz CT molecular complexity index is 505. The molecule has 15 heavy (non-hydrogen) atoms. The number of carbonyl (C=O) groups is 1. The lowest BCUT2D eigenvalue weighted by Crippen LogP contribution is -2.46. The standard InChI is InChI=1S/C9H8O5S/c10-9(11)7-5-15(12,13)8-4-2-1-3-6(8)14-7/h1-4,7H,5H2,(H,10,11)/p-1. The van der Waals surface area contributed by atoms with Crippen molar-refractivity contribution < 1.29 is 23.1 Å². The quantitative estimate of drug-likeness (QED) is 0.612. The second-order valence-corrected chi connectivity index (χ2v) is 5.16. The third-order valence-corrected chi connectivity index (χ3v) is 3.84. The number of benzene rings is 1. The number of fused-ring (bicyclic) bond motifs is 1. The molecule has 0 saturated carbocycles. The molecule has 1 aliphatic heterocycles. The summed E-state index contributed by atoms with van der Waals surface area (Å²) in [6, 6.07) is 5.93. The Kier molecular flexibility index (Phi) is 2.15. The number of ether oxygens (including phenoxy) is 1. The van der Waals surface area contributed by atoms with Crippen LogP contribution in [0.1, 0.15) is 0 Å². The zero-order valence-corrected chi connectivity index (χ0v) is 8.36. The monoisotopic (exact) mass is 227 g/mol. The average molecular weight is 227 g/mol. The first-order valence-corrected chi connectivity index (χ1v) is 5.85. The van der Waals surface area contributed by atoms with E-state index in [9.17, 15) is 18.3 Å². The second kappa shape index (κ2) is 3.23. The molecule has 0 aromatic heterocycles. The van der Waals surface area contributed by atoms with Gasteiger partial charge in [-0.3, -0.25) is 0 Å². The molecular formula is C9H7O5S-. The number of carbonyl (C=O) groups excluding carboxylic acids is 1. The molecule has 1 aromatic rings. The van der Waals surface area contributed by atoms with Crippen LogP contribution in [0, 0.1) is 0 Å². The molecule has 6 heteroatoms. The zero-order valence-electron chi connectivity index (χ0n) is 7.54. The molecule has 0 saturated heterocycles. The summed E-state index contributed by atoms with van der Waals surface area (Å²) >= 11 is 0. The minimum absolute atomic E-state index is 0.0301. The summed E-state index contributed by atoms with van der Waals surface area (Å²) in [4.78, 5) is 10.6. The molecule has 0 radical (unpaired) electrons. The number of carboxylic acid groups (broad SMARTS) is 1. The summed E-state index contributed by atoms with van der Waals surface area (Å²) in [6.45, 7) is 0. The first-order chi connectivity index (χ1) is 7.00. The number of aliphatic carboxylic acids is 1. The maximum Gasteiger partial charge on any atom is 0.186 e. The molecule has 0 N–H and O–H groups in total. The summed E-state index contributed by atoms with van der Waals surface area (Å²) in [5, 5.41) is 10.6. The van der Waals surface area contributed by atoms with E-state index in [0.717, 1.165) is 0 Å². The lowest BCUT2D eigenvalue weighted by Gasteiger charge is -2.26. The van der Waals surface area contributed by atoms with Crippen molar-refractivity contribution in [1.82, 2.24) is 0 Å². The molecule has 0 fully saturated rings. The zero-order chi connectivity index (χ0) is 11.1. The van der Waals surface area contributed by atoms with Gasteiger partial charge in [0.05, 0.1) is 11.7 Å². The molecule has 1 aliphatic rings. The predicted octanol–water partition coefficient (Wildman–Crippen LogP) is -1.03. The predicted molar refractivity (Wildman–Crippen MR) is 47.9 cm³/mol. The molecule has 1 heterocycles. The van der Waals surface area contributed by atoms with E-state index in [-0.39, 0.29) is 10.6 Å². The van der Waals surface area contributed by atoms with Crippen LogP contribution >= 0.6 is 0 Å². The number of sulfone groups is 1. The molecule has 1 unspecified atom stereocenters. The molecular weight excluding hydrogens is 220 g/mol. The minimum Gasteiger partial charge on any atom is -0.546 e. The van der Waals surface area contributed by atoms with E-state index in [1.807, 2.05) is 0 Å². The van der Waals surface area contributed by atoms with Gasteiger partial charge in [0.25, 0.3) is 0 Å². The highest BCUT2D eigenvalue weighted by molar-refractivity contribution is 7.91. The summed E-state index contributed by atoms with van der Waals surface area (Å²) in [7, 11) is -3.58. The van der Waals surface area contributed by atoms with Gasteiger partial charge in [-0.1, -0.05) is 12.1 Å². The van der Waals surface area contributed by atoms with Crippen LogP contribution in [-0.4, -0.2) is 26.2 Å². The minimum atomic E-state index is -3.58. The topological polar surface area (TPSA) is 83.5 Å². The van der Waals surface area contributed by atoms with Crippen molar-refractivity contribution in [1.29, 1.82) is 0 Å². The Labute approximate surface area is 86.2 Å². The van der Waals surface area contributed by atoms with Crippen LogP contribution in [0.2, 0.25) is 0 Å². The molecule has 1 aromatic carbocycles. The molecule has 1 atom stereocenters. The molecule has 80 valence electrons. The largest absolute Gasteiger partial charge is 0.546 e. The molecule has 0 bridgehead atoms. The number of hydrogen-bond donors (Lipinski definition) is 0. The third-order valence-electron chi connectivity index (χ3n) is 2.09. The third kappa shape index (κ3) is 1.68. The highest BCUT2D eigenvalue weighted by atomic mass is 32.2. The van der Waals surface area contributed by atoms with E-state index >= 15 is 0 Å². The van der Waals surface area contributed by atoms with Gasteiger partial charge < -0.3 is 14.6 Å². The van der Waals surface area contributed by atoms with E-state index in [1.54, 1.807) is 12.1 Å². The fraction of sp³-hybridized carbons (Fsp3) is 0.222. The molecule has 0 spiro atoms. The highest BCUT2D eigenvalue weighted by Crippen LogP contribution is 2.30. The van der Waals surface area contributed by atoms with Gasteiger partial charge in [-0.05, 0) is 12.1 Å². The van der Waals surface area contributed by atoms with Crippen LogP contribution in [0.5, 0.6) is 5.75 Å². The SMILES string of the molecule is O=C([O-])C1CS(=O)(=O)c2ccccc2O1. The van der Waals surface area contributed by atoms with Gasteiger partial charge in [-0.2, -0.15) is 0 Å². The van der Waals surface area contributed by atoms with Gasteiger partial charge in [-0.15, -0.1) is 0 Å². The summed E-state index contributed by atoms with van der Waals surface area (Å²) in [6.07, 6.45) is -1.43. The van der Waals surface area contributed by atoms with Gasteiger partial charge in [0.1, 0.15) is 10.6 Å². The first-order valence-electron chi connectivity index (χ1n) is 4.20. The fourth-order valence-corrected chi connectivity index (χ4v) is 2.89. The Morgan fingerprint density at radius 1 is 1.40 bits per heavy atom. The second-order valence-electron chi connectivity index (χ2n) is 3.15. The van der Waals surface area contributed by atoms with Crippen molar-refractivity contribution in [3.05, 3.63) is 24.3 Å². The Hall–Kier alpha value is -1.56. The van der Waals surface area contributed by atoms with Crippen LogP contribution < -0.4 is 9.84 Å². The molecule has 0 amide bonds. The maximum absolute atomic E-state index is 11.6. The van der Waals surface area contributed by atoms with E-state index < -0.39 is 27.7 Å². The average Bonchev–Trinajstić information content (AvgIpc) is 2.16. The van der Waals surface area contributed by atoms with Gasteiger partial charge >= 0.3 is 0 Å². The lowest BCUT2D eigenvalue weighted by molar-refractivity contribution is -0.312. The van der Waals surface area contributed by atoms with Crippen LogP contribution in [-0.2, 0) is 14.6 Å². The van der Waals surface area contributed by atoms with Gasteiger partial charge in [-0.25, -0.2) is 8.42 Å². The highest BCUT2D eigenvalue weighted by Gasteiger charge is 2.32. The van der Waals surface area contributed by atoms with Crippen LogP contribution in [0.25, 0.3) is 0 Å². The Morgan fingerprint density at radius 2 is 2.07 bits per heavy atom. The Morgan fingerprint density at radius 3 is 2.73 bits per heavy atom. The summed E-state index contributed by atoms with van der Waals surface area (Å²) < 4.78 is 28.2. The van der Waals surface area contributed by atoms with Gasteiger partial charge in [0.15, 0.2) is 15.9 Å². The lowest BCUT2D eigenvalue weighted by atomic mass is 10.3. The van der Waals surface area contributed by atoms with Crippen LogP contribution in [0.3, 0.4) is 0 Å². The fourth-order valence-electron chi connectivity index (χ4n) is 1.40. The maximum atomic E-state index is 11.6.